The molecule has 0 atom stereocenters. The van der Waals surface area contributed by atoms with Crippen LogP contribution in [0.2, 0.25) is 0 Å². The number of pyridine rings is 1. The van der Waals surface area contributed by atoms with Crippen molar-refractivity contribution in [3.8, 4) is 5.88 Å². The van der Waals surface area contributed by atoms with E-state index < -0.39 is 24.4 Å². The Labute approximate surface area is 89.0 Å². The lowest BCUT2D eigenvalue weighted by Gasteiger charge is -2.08. The first-order valence-corrected chi connectivity index (χ1v) is 4.17. The van der Waals surface area contributed by atoms with Gasteiger partial charge in [0.05, 0.1) is 7.11 Å². The lowest BCUT2D eigenvalue weighted by atomic mass is 10.3. The summed E-state index contributed by atoms with van der Waals surface area (Å²) < 4.78 is 45.6. The highest BCUT2D eigenvalue weighted by Gasteiger charge is 2.32. The van der Waals surface area contributed by atoms with Crippen LogP contribution in [-0.4, -0.2) is 24.7 Å². The van der Waals surface area contributed by atoms with Crippen LogP contribution >= 0.6 is 0 Å². The van der Waals surface area contributed by atoms with E-state index in [1.54, 1.807) is 0 Å². The molecule has 1 heterocycles. The molecule has 7 heteroatoms. The third-order valence-corrected chi connectivity index (χ3v) is 1.58. The van der Waals surface area contributed by atoms with Gasteiger partial charge >= 0.3 is 12.1 Å². The lowest BCUT2D eigenvalue weighted by molar-refractivity contribution is -0.143. The number of methoxy groups -OCH3 is 1. The molecule has 0 saturated heterocycles. The van der Waals surface area contributed by atoms with Gasteiger partial charge in [-0.1, -0.05) is 6.07 Å². The first-order chi connectivity index (χ1) is 7.43. The number of carbonyl (C=O) groups is 1. The van der Waals surface area contributed by atoms with Crippen molar-refractivity contribution < 1.29 is 27.4 Å². The molecule has 0 unspecified atom stereocenters. The molecule has 1 rings (SSSR count). The molecule has 4 nitrogen and oxygen atoms in total. The van der Waals surface area contributed by atoms with Gasteiger partial charge in [-0.15, -0.1) is 0 Å². The molecule has 0 fully saturated rings. The van der Waals surface area contributed by atoms with Crippen LogP contribution in [-0.2, 0) is 15.7 Å². The van der Waals surface area contributed by atoms with Crippen LogP contribution in [0.15, 0.2) is 18.2 Å². The zero-order chi connectivity index (χ0) is 12.2. The van der Waals surface area contributed by atoms with Gasteiger partial charge in [0.1, 0.15) is 5.69 Å². The van der Waals surface area contributed by atoms with Crippen molar-refractivity contribution >= 4 is 5.97 Å². The van der Waals surface area contributed by atoms with E-state index in [0.717, 1.165) is 19.2 Å². The number of nitrogens with zero attached hydrogens (tertiary/aromatic N) is 1. The van der Waals surface area contributed by atoms with E-state index in [0.29, 0.717) is 0 Å². The molecule has 0 aliphatic heterocycles. The number of rotatable bonds is 3. The van der Waals surface area contributed by atoms with Crippen molar-refractivity contribution in [2.75, 3.05) is 13.7 Å². The van der Waals surface area contributed by atoms with E-state index in [-0.39, 0.29) is 5.88 Å². The van der Waals surface area contributed by atoms with Crippen LogP contribution in [0.25, 0.3) is 0 Å². The summed E-state index contributed by atoms with van der Waals surface area (Å²) >= 11 is 0. The minimum absolute atomic E-state index is 0.278. The van der Waals surface area contributed by atoms with Crippen molar-refractivity contribution in [1.29, 1.82) is 0 Å². The topological polar surface area (TPSA) is 48.4 Å². The number of ether oxygens (including phenoxy) is 2. The average Bonchev–Trinajstić information content (AvgIpc) is 2.25. The number of esters is 1. The first kappa shape index (κ1) is 12.3. The van der Waals surface area contributed by atoms with Crippen molar-refractivity contribution in [3.05, 3.63) is 23.9 Å². The van der Waals surface area contributed by atoms with Gasteiger partial charge in [-0.2, -0.15) is 13.2 Å². The number of carbonyl (C=O) groups excluding carboxylic acids is 1. The maximum absolute atomic E-state index is 12.2. The number of hydrogen-bond acceptors (Lipinski definition) is 4. The molecule has 1 aromatic rings. The molecule has 16 heavy (non-hydrogen) atoms. The third-order valence-electron chi connectivity index (χ3n) is 1.58. The van der Waals surface area contributed by atoms with Gasteiger partial charge < -0.3 is 9.47 Å². The molecule has 0 amide bonds. The summed E-state index contributed by atoms with van der Waals surface area (Å²) in [5.74, 6) is -0.973. The molecule has 88 valence electrons. The predicted octanol–water partition coefficient (Wildman–Crippen LogP) is 1.65. The van der Waals surface area contributed by atoms with Gasteiger partial charge in [0.15, 0.2) is 6.61 Å². The van der Waals surface area contributed by atoms with Crippen LogP contribution in [0.3, 0.4) is 0 Å². The largest absolute Gasteiger partial charge is 0.466 e. The molecule has 0 spiro atoms. The van der Waals surface area contributed by atoms with Crippen molar-refractivity contribution in [2.24, 2.45) is 0 Å². The Morgan fingerprint density at radius 3 is 2.69 bits per heavy atom. The maximum Gasteiger partial charge on any atom is 0.433 e. The molecule has 0 aliphatic rings. The lowest BCUT2D eigenvalue weighted by Crippen LogP contribution is -2.14. The van der Waals surface area contributed by atoms with Crippen molar-refractivity contribution in [3.63, 3.8) is 0 Å². The predicted molar refractivity (Wildman–Crippen MR) is 46.8 cm³/mol. The Bertz CT molecular complexity index is 379. The number of aromatic nitrogens is 1. The fourth-order valence-corrected chi connectivity index (χ4v) is 0.845. The van der Waals surface area contributed by atoms with E-state index in [1.807, 2.05) is 0 Å². The Balaban J connectivity index is 2.72. The summed E-state index contributed by atoms with van der Waals surface area (Å²) in [6.07, 6.45) is -4.54. The smallest absolute Gasteiger partial charge is 0.433 e. The second-order valence-corrected chi connectivity index (χ2v) is 2.72. The highest BCUT2D eigenvalue weighted by molar-refractivity contribution is 5.70. The number of halogens is 3. The summed E-state index contributed by atoms with van der Waals surface area (Å²) in [5, 5.41) is 0. The van der Waals surface area contributed by atoms with E-state index in [1.165, 1.54) is 6.07 Å². The monoisotopic (exact) mass is 235 g/mol. The fraction of sp³-hybridized carbons (Fsp3) is 0.333. The van der Waals surface area contributed by atoms with Crippen LogP contribution in [0.4, 0.5) is 13.2 Å². The Morgan fingerprint density at radius 2 is 2.12 bits per heavy atom. The molecule has 0 bridgehead atoms. The summed E-state index contributed by atoms with van der Waals surface area (Å²) in [6, 6.07) is 3.17. The summed E-state index contributed by atoms with van der Waals surface area (Å²) in [7, 11) is 1.14. The van der Waals surface area contributed by atoms with Crippen LogP contribution in [0, 0.1) is 0 Å². The minimum atomic E-state index is -4.54. The molecule has 0 saturated carbocycles. The van der Waals surface area contributed by atoms with Gasteiger partial charge in [-0.05, 0) is 6.07 Å². The SMILES string of the molecule is COC(=O)COc1cccc(C(F)(F)F)n1. The maximum atomic E-state index is 12.2. The molecule has 0 aromatic carbocycles. The van der Waals surface area contributed by atoms with Crippen LogP contribution in [0.1, 0.15) is 5.69 Å². The van der Waals surface area contributed by atoms with Gasteiger partial charge in [-0.25, -0.2) is 9.78 Å². The normalized spacial score (nSPS) is 11.0. The molecular formula is C9H8F3NO3. The fourth-order valence-electron chi connectivity index (χ4n) is 0.845. The zero-order valence-corrected chi connectivity index (χ0v) is 8.25. The zero-order valence-electron chi connectivity index (χ0n) is 8.25. The Hall–Kier alpha value is -1.79. The second-order valence-electron chi connectivity index (χ2n) is 2.72. The highest BCUT2D eigenvalue weighted by Crippen LogP contribution is 2.28. The molecule has 0 aliphatic carbocycles. The quantitative estimate of drug-likeness (QED) is 0.747. The third kappa shape index (κ3) is 3.41. The van der Waals surface area contributed by atoms with E-state index >= 15 is 0 Å². The van der Waals surface area contributed by atoms with Crippen LogP contribution in [0.5, 0.6) is 5.88 Å². The second kappa shape index (κ2) is 4.82. The highest BCUT2D eigenvalue weighted by atomic mass is 19.4. The van der Waals surface area contributed by atoms with Crippen molar-refractivity contribution in [1.82, 2.24) is 4.98 Å². The summed E-state index contributed by atoms with van der Waals surface area (Å²) in [6.45, 7) is -0.481. The Kier molecular flexibility index (Phi) is 3.70. The van der Waals surface area contributed by atoms with Crippen LogP contribution < -0.4 is 4.74 Å². The molecule has 0 radical (unpaired) electrons. The van der Waals surface area contributed by atoms with E-state index in [9.17, 15) is 18.0 Å². The average molecular weight is 235 g/mol. The molecule has 0 N–H and O–H groups in total. The van der Waals surface area contributed by atoms with E-state index in [4.69, 9.17) is 4.74 Å². The number of hydrogen-bond donors (Lipinski definition) is 0. The summed E-state index contributed by atoms with van der Waals surface area (Å²) in [5.41, 5.74) is -1.07. The van der Waals surface area contributed by atoms with Gasteiger partial charge in [0.2, 0.25) is 5.88 Å². The minimum Gasteiger partial charge on any atom is -0.466 e. The summed E-state index contributed by atoms with van der Waals surface area (Å²) in [4.78, 5) is 13.9. The van der Waals surface area contributed by atoms with E-state index in [2.05, 4.69) is 9.72 Å². The number of alkyl halides is 3. The first-order valence-electron chi connectivity index (χ1n) is 4.17. The van der Waals surface area contributed by atoms with Gasteiger partial charge in [0, 0.05) is 6.07 Å². The Morgan fingerprint density at radius 1 is 1.44 bits per heavy atom. The molecule has 1 aromatic heterocycles. The van der Waals surface area contributed by atoms with Crippen molar-refractivity contribution in [2.45, 2.75) is 6.18 Å². The van der Waals surface area contributed by atoms with Gasteiger partial charge in [-0.3, -0.25) is 0 Å². The molecular weight excluding hydrogens is 227 g/mol. The standard InChI is InChI=1S/C9H8F3NO3/c1-15-8(14)5-16-7-4-2-3-6(13-7)9(10,11)12/h2-4H,5H2,1H3. The van der Waals surface area contributed by atoms with Gasteiger partial charge in [0.25, 0.3) is 0 Å².